The van der Waals surface area contributed by atoms with Gasteiger partial charge in [-0.1, -0.05) is 0 Å². The zero-order valence-electron chi connectivity index (χ0n) is 11.0. The van der Waals surface area contributed by atoms with Crippen molar-refractivity contribution in [3.05, 3.63) is 33.9 Å². The van der Waals surface area contributed by atoms with Crippen LogP contribution in [-0.2, 0) is 11.4 Å². The van der Waals surface area contributed by atoms with Crippen LogP contribution in [0.15, 0.2) is 18.2 Å². The van der Waals surface area contributed by atoms with Crippen LogP contribution in [0.25, 0.3) is 0 Å². The summed E-state index contributed by atoms with van der Waals surface area (Å²) < 4.78 is 5.33. The number of likely N-dealkylation sites (N-methyl/N-ethyl adjacent to an activating group) is 1. The number of amides is 1. The summed E-state index contributed by atoms with van der Waals surface area (Å²) in [5.74, 6) is -0.331. The van der Waals surface area contributed by atoms with Crippen molar-refractivity contribution in [3.63, 3.8) is 0 Å². The van der Waals surface area contributed by atoms with E-state index in [1.54, 1.807) is 14.1 Å². The number of nitrogens with zero attached hydrogens (tertiary/aromatic N) is 2. The van der Waals surface area contributed by atoms with E-state index in [4.69, 9.17) is 9.84 Å². The fourth-order valence-corrected chi connectivity index (χ4v) is 1.51. The Morgan fingerprint density at radius 1 is 1.53 bits per heavy atom. The van der Waals surface area contributed by atoms with Gasteiger partial charge in [0.25, 0.3) is 5.91 Å². The Morgan fingerprint density at radius 2 is 2.16 bits per heavy atom. The number of nitro groups is 1. The Kier molecular flexibility index (Phi) is 4.82. The van der Waals surface area contributed by atoms with E-state index in [9.17, 15) is 14.9 Å². The van der Waals surface area contributed by atoms with E-state index >= 15 is 0 Å². The summed E-state index contributed by atoms with van der Waals surface area (Å²) in [6.07, 6.45) is -0.845. The summed E-state index contributed by atoms with van der Waals surface area (Å²) in [4.78, 5) is 23.3. The molecule has 0 heterocycles. The highest BCUT2D eigenvalue weighted by Gasteiger charge is 2.22. The molecule has 0 aliphatic carbocycles. The van der Waals surface area contributed by atoms with Crippen molar-refractivity contribution in [2.45, 2.75) is 19.6 Å². The molecule has 1 rings (SSSR count). The molecular formula is C12H16N2O5. The molecule has 0 aliphatic heterocycles. The van der Waals surface area contributed by atoms with Crippen molar-refractivity contribution in [1.82, 2.24) is 4.90 Å². The largest absolute Gasteiger partial charge is 0.474 e. The quantitative estimate of drug-likeness (QED) is 0.633. The van der Waals surface area contributed by atoms with Gasteiger partial charge < -0.3 is 14.7 Å². The third kappa shape index (κ3) is 3.65. The van der Waals surface area contributed by atoms with E-state index in [0.29, 0.717) is 5.56 Å². The van der Waals surface area contributed by atoms with Gasteiger partial charge in [-0.2, -0.15) is 0 Å². The van der Waals surface area contributed by atoms with Crippen LogP contribution in [0.4, 0.5) is 5.69 Å². The molecule has 1 aromatic rings. The number of ether oxygens (including phenoxy) is 1. The number of carbonyl (C=O) groups is 1. The molecule has 0 aliphatic rings. The van der Waals surface area contributed by atoms with E-state index in [-0.39, 0.29) is 24.0 Å². The highest BCUT2D eigenvalue weighted by molar-refractivity contribution is 5.80. The van der Waals surface area contributed by atoms with Gasteiger partial charge in [0.05, 0.1) is 11.5 Å². The minimum absolute atomic E-state index is 0.0285. The summed E-state index contributed by atoms with van der Waals surface area (Å²) in [6.45, 7) is 1.25. The lowest BCUT2D eigenvalue weighted by molar-refractivity contribution is -0.386. The van der Waals surface area contributed by atoms with Gasteiger partial charge in [0.15, 0.2) is 11.9 Å². The number of nitro benzene ring substituents is 1. The standard InChI is InChI=1S/C12H16N2O5/c1-8(12(16)13(2)3)19-11-6-9(7-15)4-5-10(11)14(17)18/h4-6,8,15H,7H2,1-3H3. The summed E-state index contributed by atoms with van der Waals surface area (Å²) >= 11 is 0. The minimum atomic E-state index is -0.845. The van der Waals surface area contributed by atoms with Crippen LogP contribution in [-0.4, -0.2) is 41.0 Å². The van der Waals surface area contributed by atoms with Crippen molar-refractivity contribution in [2.24, 2.45) is 0 Å². The maximum atomic E-state index is 11.7. The fourth-order valence-electron chi connectivity index (χ4n) is 1.51. The molecule has 1 amide bonds. The van der Waals surface area contributed by atoms with Crippen molar-refractivity contribution in [3.8, 4) is 5.75 Å². The first-order valence-electron chi connectivity index (χ1n) is 5.62. The van der Waals surface area contributed by atoms with Gasteiger partial charge in [0, 0.05) is 20.2 Å². The predicted octanol–water partition coefficient (Wildman–Crippen LogP) is 0.943. The van der Waals surface area contributed by atoms with Crippen LogP contribution in [0.3, 0.4) is 0 Å². The SMILES string of the molecule is CC(Oc1cc(CO)ccc1[N+](=O)[O-])C(=O)N(C)C. The summed E-state index contributed by atoms with van der Waals surface area (Å²) in [7, 11) is 3.14. The Labute approximate surface area is 110 Å². The van der Waals surface area contributed by atoms with Gasteiger partial charge in [-0.05, 0) is 24.6 Å². The van der Waals surface area contributed by atoms with E-state index in [2.05, 4.69) is 0 Å². The van der Waals surface area contributed by atoms with Gasteiger partial charge >= 0.3 is 5.69 Å². The van der Waals surface area contributed by atoms with Crippen molar-refractivity contribution < 1.29 is 19.6 Å². The maximum Gasteiger partial charge on any atom is 0.310 e. The van der Waals surface area contributed by atoms with Gasteiger partial charge in [0.2, 0.25) is 0 Å². The van der Waals surface area contributed by atoms with Crippen LogP contribution in [0.2, 0.25) is 0 Å². The third-order valence-corrected chi connectivity index (χ3v) is 2.50. The number of benzene rings is 1. The van der Waals surface area contributed by atoms with Crippen molar-refractivity contribution >= 4 is 11.6 Å². The van der Waals surface area contributed by atoms with Gasteiger partial charge in [-0.3, -0.25) is 14.9 Å². The Balaban J connectivity index is 3.04. The highest BCUT2D eigenvalue weighted by Crippen LogP contribution is 2.29. The molecule has 1 unspecified atom stereocenters. The van der Waals surface area contributed by atoms with Crippen LogP contribution in [0.5, 0.6) is 5.75 Å². The van der Waals surface area contributed by atoms with Gasteiger partial charge in [-0.25, -0.2) is 0 Å². The average Bonchev–Trinajstić information content (AvgIpc) is 2.36. The monoisotopic (exact) mass is 268 g/mol. The zero-order valence-corrected chi connectivity index (χ0v) is 11.0. The fraction of sp³-hybridized carbons (Fsp3) is 0.417. The molecule has 104 valence electrons. The molecule has 0 spiro atoms. The van der Waals surface area contributed by atoms with Gasteiger partial charge in [-0.15, -0.1) is 0 Å². The number of rotatable bonds is 5. The summed E-state index contributed by atoms with van der Waals surface area (Å²) in [5, 5.41) is 19.9. The Morgan fingerprint density at radius 3 is 2.63 bits per heavy atom. The Bertz CT molecular complexity index is 487. The minimum Gasteiger partial charge on any atom is -0.474 e. The average molecular weight is 268 g/mol. The first-order valence-corrected chi connectivity index (χ1v) is 5.62. The van der Waals surface area contributed by atoms with Crippen LogP contribution < -0.4 is 4.74 Å². The molecule has 1 N–H and O–H groups in total. The molecule has 0 fully saturated rings. The van der Waals surface area contributed by atoms with Crippen molar-refractivity contribution in [2.75, 3.05) is 14.1 Å². The lowest BCUT2D eigenvalue weighted by Gasteiger charge is -2.18. The lowest BCUT2D eigenvalue weighted by atomic mass is 10.2. The normalized spacial score (nSPS) is 11.8. The molecule has 7 nitrogen and oxygen atoms in total. The molecule has 0 saturated carbocycles. The molecule has 1 atom stereocenters. The molecule has 0 saturated heterocycles. The van der Waals surface area contributed by atoms with Crippen LogP contribution >= 0.6 is 0 Å². The molecule has 0 radical (unpaired) electrons. The van der Waals surface area contributed by atoms with E-state index in [1.165, 1.54) is 30.0 Å². The zero-order chi connectivity index (χ0) is 14.6. The first kappa shape index (κ1) is 14.9. The molecule has 1 aromatic carbocycles. The highest BCUT2D eigenvalue weighted by atomic mass is 16.6. The van der Waals surface area contributed by atoms with E-state index < -0.39 is 11.0 Å². The molecule has 7 heteroatoms. The number of hydrogen-bond donors (Lipinski definition) is 1. The molecular weight excluding hydrogens is 252 g/mol. The molecule has 19 heavy (non-hydrogen) atoms. The first-order chi connectivity index (χ1) is 8.86. The molecule has 0 bridgehead atoms. The second kappa shape index (κ2) is 6.14. The summed E-state index contributed by atoms with van der Waals surface area (Å²) in [6, 6.07) is 4.04. The second-order valence-corrected chi connectivity index (χ2v) is 4.21. The van der Waals surface area contributed by atoms with Crippen LogP contribution in [0.1, 0.15) is 12.5 Å². The second-order valence-electron chi connectivity index (χ2n) is 4.21. The third-order valence-electron chi connectivity index (χ3n) is 2.50. The maximum absolute atomic E-state index is 11.7. The lowest BCUT2D eigenvalue weighted by Crippen LogP contribution is -2.35. The topological polar surface area (TPSA) is 92.9 Å². The smallest absolute Gasteiger partial charge is 0.310 e. The summed E-state index contributed by atoms with van der Waals surface area (Å²) in [5.41, 5.74) is 0.237. The number of aliphatic hydroxyl groups is 1. The predicted molar refractivity (Wildman–Crippen MR) is 67.8 cm³/mol. The number of aliphatic hydroxyl groups excluding tert-OH is 1. The van der Waals surface area contributed by atoms with Crippen LogP contribution in [0, 0.1) is 10.1 Å². The molecule has 0 aromatic heterocycles. The van der Waals surface area contributed by atoms with Gasteiger partial charge in [0.1, 0.15) is 0 Å². The Hall–Kier alpha value is -2.15. The van der Waals surface area contributed by atoms with E-state index in [1.807, 2.05) is 0 Å². The van der Waals surface area contributed by atoms with E-state index in [0.717, 1.165) is 0 Å². The number of hydrogen-bond acceptors (Lipinski definition) is 5. The number of carbonyl (C=O) groups excluding carboxylic acids is 1. The van der Waals surface area contributed by atoms with Crippen molar-refractivity contribution in [1.29, 1.82) is 0 Å².